The summed E-state index contributed by atoms with van der Waals surface area (Å²) in [6.07, 6.45) is -26.9. The van der Waals surface area contributed by atoms with E-state index in [1.807, 2.05) is 0 Å². The predicted octanol–water partition coefficient (Wildman–Crippen LogP) is -4.42. The van der Waals surface area contributed by atoms with Crippen LogP contribution in [0, 0.1) is 0 Å². The van der Waals surface area contributed by atoms with Gasteiger partial charge < -0.3 is 90.1 Å². The van der Waals surface area contributed by atoms with Crippen molar-refractivity contribution in [3.8, 4) is 0 Å². The lowest BCUT2D eigenvalue weighted by molar-refractivity contribution is -0.386. The highest BCUT2D eigenvalue weighted by molar-refractivity contribution is 6.76. The maximum Gasteiger partial charge on any atom is 0.364 e. The zero-order valence-electron chi connectivity index (χ0n) is 31.9. The van der Waals surface area contributed by atoms with Crippen molar-refractivity contribution in [2.75, 3.05) is 26.4 Å². The summed E-state index contributed by atoms with van der Waals surface area (Å²) >= 11 is 0. The molecule has 3 fully saturated rings. The molecule has 0 saturated carbocycles. The van der Waals surface area contributed by atoms with Gasteiger partial charge >= 0.3 is 5.97 Å². The lowest BCUT2D eigenvalue weighted by Crippen LogP contribution is -2.71. The van der Waals surface area contributed by atoms with Crippen LogP contribution in [0.1, 0.15) is 23.7 Å². The molecule has 324 valence electrons. The number of carboxylic acid groups (broad SMARTS) is 1. The number of hydrogen-bond acceptors (Lipinski definition) is 18. The molecule has 16 atom stereocenters. The molecule has 22 heteroatoms. The Morgan fingerprint density at radius 2 is 1.47 bits per heavy atom. The number of benzene rings is 1. The molecule has 1 aromatic carbocycles. The number of carboxylic acids is 1. The summed E-state index contributed by atoms with van der Waals surface area (Å²) in [5.41, 5.74) is 0.217. The molecular weight excluding hydrogens is 780 g/mol. The van der Waals surface area contributed by atoms with E-state index in [2.05, 4.69) is 30.3 Å². The van der Waals surface area contributed by atoms with E-state index in [0.717, 1.165) is 6.92 Å². The number of carbonyl (C=O) groups excluding carboxylic acids is 2. The Kier molecular flexibility index (Phi) is 16.5. The number of ether oxygens (including phenoxy) is 6. The first-order valence-corrected chi connectivity index (χ1v) is 22.2. The lowest BCUT2D eigenvalue weighted by Gasteiger charge is -2.50. The summed E-state index contributed by atoms with van der Waals surface area (Å²) in [4.78, 5) is 37.7. The monoisotopic (exact) mass is 836 g/mol. The van der Waals surface area contributed by atoms with Gasteiger partial charge in [-0.1, -0.05) is 37.8 Å². The maximum atomic E-state index is 13.0. The van der Waals surface area contributed by atoms with E-state index in [1.54, 1.807) is 18.2 Å². The minimum absolute atomic E-state index is 0.149. The third kappa shape index (κ3) is 11.5. The van der Waals surface area contributed by atoms with Gasteiger partial charge in [-0.05, 0) is 18.2 Å². The molecule has 0 radical (unpaired) electrons. The second-order valence-corrected chi connectivity index (χ2v) is 21.2. The van der Waals surface area contributed by atoms with E-state index in [-0.39, 0.29) is 12.2 Å². The van der Waals surface area contributed by atoms with Gasteiger partial charge in [-0.3, -0.25) is 9.59 Å². The Labute approximate surface area is 329 Å². The molecule has 12 N–H and O–H groups in total. The average Bonchev–Trinajstić information content (AvgIpc) is 3.15. The Morgan fingerprint density at radius 3 is 2.04 bits per heavy atom. The molecule has 0 spiro atoms. The number of aliphatic carboxylic acids is 1. The van der Waals surface area contributed by atoms with Crippen LogP contribution in [0.2, 0.25) is 25.7 Å². The minimum atomic E-state index is -3.06. The van der Waals surface area contributed by atoms with Crippen LogP contribution < -0.4 is 10.6 Å². The smallest absolute Gasteiger partial charge is 0.364 e. The van der Waals surface area contributed by atoms with Gasteiger partial charge in [-0.25, -0.2) is 4.79 Å². The van der Waals surface area contributed by atoms with Crippen molar-refractivity contribution in [1.29, 1.82) is 0 Å². The molecule has 3 heterocycles. The number of carbonyl (C=O) groups is 3. The zero-order valence-corrected chi connectivity index (χ0v) is 32.9. The molecule has 0 unspecified atom stereocenters. The van der Waals surface area contributed by atoms with Gasteiger partial charge in [0.05, 0.1) is 31.5 Å². The Bertz CT molecular complexity index is 1480. The first-order valence-electron chi connectivity index (χ1n) is 18.5. The highest BCUT2D eigenvalue weighted by Gasteiger charge is 2.60. The normalized spacial score (nSPS) is 37.2. The topological polar surface area (TPSA) is 333 Å². The van der Waals surface area contributed by atoms with Gasteiger partial charge in [-0.2, -0.15) is 0 Å². The molecule has 2 amide bonds. The van der Waals surface area contributed by atoms with E-state index < -0.39 is 150 Å². The highest BCUT2D eigenvalue weighted by Crippen LogP contribution is 2.38. The minimum Gasteiger partial charge on any atom is -0.477 e. The largest absolute Gasteiger partial charge is 0.477 e. The molecule has 3 saturated heterocycles. The van der Waals surface area contributed by atoms with Crippen molar-refractivity contribution < 1.29 is 93.9 Å². The van der Waals surface area contributed by atoms with Crippen LogP contribution in [0.15, 0.2) is 30.3 Å². The second kappa shape index (κ2) is 20.0. The molecule has 0 aromatic heterocycles. The van der Waals surface area contributed by atoms with Crippen LogP contribution in [-0.2, 0) is 38.0 Å². The first kappa shape index (κ1) is 46.9. The van der Waals surface area contributed by atoms with Crippen molar-refractivity contribution in [2.45, 2.75) is 137 Å². The standard InChI is InChI=1S/C35H56N2O19Si/c1-16(40)37-22-18(41)12-35(34(49)50,55-28(22)23(43)19(42)13-36-31(48)17-8-6-5-7-9-17)56-30-25(45)21(15-39)53-33(27(30)47)54-29-24(44)20(14-38)52-32(26(29)46)51-10-11-57(2,3)4/h5-9,18-30,32-33,38-39,41-47H,10-15H2,1-4H3,(H,36,48)(H,37,40)(H,49,50)/t18-,19+,20+,21+,22+,23-,24-,25-,26+,27+,28+,29-,30-,32+,33-,35-/m0/s1. The Balaban J connectivity index is 1.59. The van der Waals surface area contributed by atoms with Crippen LogP contribution in [0.5, 0.6) is 0 Å². The number of rotatable bonds is 17. The number of amides is 2. The Morgan fingerprint density at radius 1 is 0.895 bits per heavy atom. The van der Waals surface area contributed by atoms with Crippen LogP contribution in [-0.4, -0.2) is 201 Å². The van der Waals surface area contributed by atoms with Gasteiger partial charge in [0.15, 0.2) is 12.6 Å². The fourth-order valence-corrected chi connectivity index (χ4v) is 7.39. The molecule has 21 nitrogen and oxygen atoms in total. The molecule has 1 aromatic rings. The van der Waals surface area contributed by atoms with Gasteiger partial charge in [-0.15, -0.1) is 0 Å². The van der Waals surface area contributed by atoms with Crippen LogP contribution in [0.4, 0.5) is 0 Å². The van der Waals surface area contributed by atoms with Gasteiger partial charge in [0.2, 0.25) is 5.91 Å². The van der Waals surface area contributed by atoms with Crippen molar-refractivity contribution in [1.82, 2.24) is 10.6 Å². The second-order valence-electron chi connectivity index (χ2n) is 15.6. The summed E-state index contributed by atoms with van der Waals surface area (Å²) in [6, 6.07) is 6.92. The van der Waals surface area contributed by atoms with E-state index in [4.69, 9.17) is 28.4 Å². The fourth-order valence-electron chi connectivity index (χ4n) is 6.66. The maximum absolute atomic E-state index is 13.0. The summed E-state index contributed by atoms with van der Waals surface area (Å²) in [7, 11) is -1.61. The summed E-state index contributed by atoms with van der Waals surface area (Å²) < 4.78 is 34.1. The fraction of sp³-hybridized carbons (Fsp3) is 0.743. The van der Waals surface area contributed by atoms with E-state index in [9.17, 15) is 65.4 Å². The van der Waals surface area contributed by atoms with Crippen molar-refractivity contribution in [3.63, 3.8) is 0 Å². The van der Waals surface area contributed by atoms with Gasteiger partial charge in [0.1, 0.15) is 61.0 Å². The van der Waals surface area contributed by atoms with Gasteiger partial charge in [0.25, 0.3) is 11.7 Å². The van der Waals surface area contributed by atoms with Crippen LogP contribution in [0.3, 0.4) is 0 Å². The number of aliphatic hydroxyl groups excluding tert-OH is 9. The third-order valence-corrected chi connectivity index (χ3v) is 11.6. The van der Waals surface area contributed by atoms with Crippen LogP contribution >= 0.6 is 0 Å². The molecule has 57 heavy (non-hydrogen) atoms. The number of nitrogens with one attached hydrogen (secondary N) is 2. The number of hydrogen-bond donors (Lipinski definition) is 12. The summed E-state index contributed by atoms with van der Waals surface area (Å²) in [5.74, 6) is -6.41. The molecule has 4 rings (SSSR count). The molecule has 0 aliphatic carbocycles. The zero-order chi connectivity index (χ0) is 42.4. The Hall–Kier alpha value is -2.75. The lowest BCUT2D eigenvalue weighted by atomic mass is 9.88. The van der Waals surface area contributed by atoms with Crippen LogP contribution in [0.25, 0.3) is 0 Å². The summed E-state index contributed by atoms with van der Waals surface area (Å²) in [5, 5.41) is 113. The summed E-state index contributed by atoms with van der Waals surface area (Å²) in [6.45, 7) is 5.14. The molecule has 3 aliphatic rings. The van der Waals surface area contributed by atoms with E-state index in [1.165, 1.54) is 12.1 Å². The van der Waals surface area contributed by atoms with E-state index >= 15 is 0 Å². The predicted molar refractivity (Wildman–Crippen MR) is 194 cm³/mol. The molecule has 3 aliphatic heterocycles. The van der Waals surface area contributed by atoms with Gasteiger partial charge in [0, 0.05) is 40.1 Å². The highest BCUT2D eigenvalue weighted by atomic mass is 28.3. The van der Waals surface area contributed by atoms with E-state index in [0.29, 0.717) is 6.04 Å². The third-order valence-electron chi connectivity index (χ3n) is 9.90. The quantitative estimate of drug-likeness (QED) is 0.0659. The molecular formula is C35H56N2O19Si. The van der Waals surface area contributed by atoms with Crippen molar-refractivity contribution in [2.24, 2.45) is 0 Å². The van der Waals surface area contributed by atoms with Crippen molar-refractivity contribution >= 4 is 25.9 Å². The average molecular weight is 837 g/mol. The first-order chi connectivity index (χ1) is 26.7. The SMILES string of the molecule is CC(=O)N[C@H]1[C@H]([C@@H](O)[C@H](O)CNC(=O)c2ccccc2)O[C@@](O[C@H]2[C@@H](O)[C@@H](CO)O[C@@H](O[C@H]3[C@@H](O)[C@@H](CO)O[C@@H](OCC[Si](C)(C)C)[C@@H]3O)[C@@H]2O)(C(=O)O)C[C@@H]1O. The number of aliphatic hydroxyl groups is 9. The van der Waals surface area contributed by atoms with Crippen molar-refractivity contribution in [3.05, 3.63) is 35.9 Å². The molecule has 0 bridgehead atoms.